The monoisotopic (exact) mass is 477 g/mol. The summed E-state index contributed by atoms with van der Waals surface area (Å²) >= 11 is 0. The summed E-state index contributed by atoms with van der Waals surface area (Å²) in [6.45, 7) is 2.00. The quantitative estimate of drug-likeness (QED) is 0.562. The molecule has 0 fully saturated rings. The minimum atomic E-state index is -4.49. The molecule has 0 saturated heterocycles. The zero-order valence-electron chi connectivity index (χ0n) is 18.0. The number of alkyl halides is 3. The van der Waals surface area contributed by atoms with Crippen LogP contribution in [0.25, 0.3) is 11.3 Å². The number of fused-ring (bicyclic) bond motifs is 2. The van der Waals surface area contributed by atoms with Crippen molar-refractivity contribution in [3.05, 3.63) is 76.0 Å². The van der Waals surface area contributed by atoms with E-state index in [1.54, 1.807) is 4.90 Å². The molecule has 2 aromatic carbocycles. The van der Waals surface area contributed by atoms with E-state index in [0.29, 0.717) is 35.5 Å². The molecule has 34 heavy (non-hydrogen) atoms. The second-order valence-electron chi connectivity index (χ2n) is 8.66. The standard InChI is InChI=1S/C24H20F5N3O2/c1-12(33)31-7-6-20-18(11-31)22(13-2-4-14(5-3-13)24(27,28)29)30-32(20)23-17-8-15(25)9-19(26)16(17)10-21(23)34/h2-5,8-9,21,23,34H,6-7,10-11H2,1H3/t21-,23-/m1/s1. The fourth-order valence-electron chi connectivity index (χ4n) is 4.92. The summed E-state index contributed by atoms with van der Waals surface area (Å²) in [6.07, 6.45) is -5.20. The minimum absolute atomic E-state index is 0.0179. The fraction of sp³-hybridized carbons (Fsp3) is 0.333. The number of amides is 1. The van der Waals surface area contributed by atoms with E-state index in [1.165, 1.54) is 29.8 Å². The molecule has 0 bridgehead atoms. The van der Waals surface area contributed by atoms with Crippen LogP contribution in [-0.2, 0) is 30.4 Å². The molecule has 0 spiro atoms. The van der Waals surface area contributed by atoms with Crippen LogP contribution in [0.5, 0.6) is 0 Å². The number of aliphatic hydroxyl groups is 1. The first-order valence-electron chi connectivity index (χ1n) is 10.7. The van der Waals surface area contributed by atoms with Gasteiger partial charge in [-0.3, -0.25) is 9.48 Å². The lowest BCUT2D eigenvalue weighted by Gasteiger charge is -2.28. The van der Waals surface area contributed by atoms with E-state index in [0.717, 1.165) is 18.2 Å². The predicted octanol–water partition coefficient (Wildman–Crippen LogP) is 4.26. The van der Waals surface area contributed by atoms with Gasteiger partial charge in [-0.1, -0.05) is 12.1 Å². The van der Waals surface area contributed by atoms with E-state index in [9.17, 15) is 31.9 Å². The van der Waals surface area contributed by atoms with Crippen LogP contribution in [-0.4, -0.2) is 38.3 Å². The molecular weight excluding hydrogens is 457 g/mol. The van der Waals surface area contributed by atoms with Crippen LogP contribution in [0, 0.1) is 11.6 Å². The molecule has 1 aliphatic carbocycles. The minimum Gasteiger partial charge on any atom is -0.390 e. The van der Waals surface area contributed by atoms with Gasteiger partial charge in [0.05, 0.1) is 17.4 Å². The highest BCUT2D eigenvalue weighted by molar-refractivity contribution is 5.74. The van der Waals surface area contributed by atoms with Gasteiger partial charge in [0, 0.05) is 55.7 Å². The fourth-order valence-corrected chi connectivity index (χ4v) is 4.92. The topological polar surface area (TPSA) is 58.4 Å². The number of halogens is 5. The Morgan fingerprint density at radius 3 is 2.47 bits per heavy atom. The summed E-state index contributed by atoms with van der Waals surface area (Å²) in [4.78, 5) is 13.6. The molecule has 2 atom stereocenters. The molecule has 1 amide bonds. The Balaban J connectivity index is 1.66. The molecule has 10 heteroatoms. The Bertz CT molecular complexity index is 1280. The van der Waals surface area contributed by atoms with Crippen LogP contribution in [0.1, 0.15) is 40.9 Å². The average molecular weight is 477 g/mol. The molecule has 178 valence electrons. The van der Waals surface area contributed by atoms with Crippen LogP contribution in [0.15, 0.2) is 36.4 Å². The van der Waals surface area contributed by atoms with Crippen LogP contribution in [0.2, 0.25) is 0 Å². The maximum Gasteiger partial charge on any atom is 0.416 e. The van der Waals surface area contributed by atoms with Crippen LogP contribution >= 0.6 is 0 Å². The Morgan fingerprint density at radius 2 is 1.82 bits per heavy atom. The Morgan fingerprint density at radius 1 is 1.12 bits per heavy atom. The summed E-state index contributed by atoms with van der Waals surface area (Å²) in [7, 11) is 0. The SMILES string of the molecule is CC(=O)N1CCc2c(c(-c3ccc(C(F)(F)F)cc3)nn2[C@@H]2c3cc(F)cc(F)c3C[C@H]2O)C1. The van der Waals surface area contributed by atoms with Gasteiger partial charge in [-0.05, 0) is 29.3 Å². The molecule has 0 radical (unpaired) electrons. The third kappa shape index (κ3) is 3.66. The van der Waals surface area contributed by atoms with Crippen LogP contribution < -0.4 is 0 Å². The zero-order chi connectivity index (χ0) is 24.4. The van der Waals surface area contributed by atoms with Crippen LogP contribution in [0.3, 0.4) is 0 Å². The van der Waals surface area contributed by atoms with Crippen molar-refractivity contribution in [2.75, 3.05) is 6.54 Å². The van der Waals surface area contributed by atoms with Gasteiger partial charge in [0.2, 0.25) is 5.91 Å². The number of carbonyl (C=O) groups is 1. The number of carbonyl (C=O) groups excluding carboxylic acids is 1. The molecule has 2 aliphatic rings. The molecule has 1 N–H and O–H groups in total. The van der Waals surface area contributed by atoms with Crippen LogP contribution in [0.4, 0.5) is 22.0 Å². The number of aliphatic hydroxyl groups excluding tert-OH is 1. The molecule has 3 aromatic rings. The maximum atomic E-state index is 14.4. The van der Waals surface area contributed by atoms with E-state index in [2.05, 4.69) is 5.10 Å². The smallest absolute Gasteiger partial charge is 0.390 e. The Kier molecular flexibility index (Phi) is 5.23. The summed E-state index contributed by atoms with van der Waals surface area (Å²) in [5.41, 5.74) is 1.77. The lowest BCUT2D eigenvalue weighted by atomic mass is 9.99. The second-order valence-corrected chi connectivity index (χ2v) is 8.66. The van der Waals surface area contributed by atoms with Gasteiger partial charge in [-0.15, -0.1) is 0 Å². The summed E-state index contributed by atoms with van der Waals surface area (Å²) in [5, 5.41) is 15.4. The van der Waals surface area contributed by atoms with Gasteiger partial charge < -0.3 is 10.0 Å². The van der Waals surface area contributed by atoms with E-state index in [1.807, 2.05) is 0 Å². The van der Waals surface area contributed by atoms with Gasteiger partial charge in [-0.25, -0.2) is 8.78 Å². The number of benzene rings is 2. The van der Waals surface area contributed by atoms with Gasteiger partial charge in [0.15, 0.2) is 0 Å². The third-order valence-corrected chi connectivity index (χ3v) is 6.57. The van der Waals surface area contributed by atoms with Crippen molar-refractivity contribution in [2.45, 2.75) is 44.6 Å². The highest BCUT2D eigenvalue weighted by Crippen LogP contribution is 2.41. The first kappa shape index (κ1) is 22.5. The Hall–Kier alpha value is -3.27. The lowest BCUT2D eigenvalue weighted by Crippen LogP contribution is -2.35. The van der Waals surface area contributed by atoms with Crippen molar-refractivity contribution in [1.29, 1.82) is 0 Å². The number of aromatic nitrogens is 2. The van der Waals surface area contributed by atoms with Crippen molar-refractivity contribution in [1.82, 2.24) is 14.7 Å². The van der Waals surface area contributed by atoms with E-state index in [4.69, 9.17) is 0 Å². The highest BCUT2D eigenvalue weighted by atomic mass is 19.4. The number of hydrogen-bond donors (Lipinski definition) is 1. The predicted molar refractivity (Wildman–Crippen MR) is 112 cm³/mol. The molecule has 2 heterocycles. The van der Waals surface area contributed by atoms with Gasteiger partial charge in [0.1, 0.15) is 17.7 Å². The van der Waals surface area contributed by atoms with Gasteiger partial charge in [-0.2, -0.15) is 18.3 Å². The molecule has 5 nitrogen and oxygen atoms in total. The van der Waals surface area contributed by atoms with Crippen molar-refractivity contribution in [3.8, 4) is 11.3 Å². The second kappa shape index (κ2) is 7.90. The zero-order valence-corrected chi connectivity index (χ0v) is 18.0. The van der Waals surface area contributed by atoms with Crippen molar-refractivity contribution >= 4 is 5.91 Å². The summed E-state index contributed by atoms with van der Waals surface area (Å²) < 4.78 is 69.1. The van der Waals surface area contributed by atoms with Gasteiger partial charge >= 0.3 is 6.18 Å². The molecule has 0 unspecified atom stereocenters. The van der Waals surface area contributed by atoms with E-state index < -0.39 is 35.5 Å². The lowest BCUT2D eigenvalue weighted by molar-refractivity contribution is -0.137. The van der Waals surface area contributed by atoms with E-state index in [-0.39, 0.29) is 30.0 Å². The molecular formula is C24H20F5N3O2. The number of nitrogens with zero attached hydrogens (tertiary/aromatic N) is 3. The van der Waals surface area contributed by atoms with E-state index >= 15 is 0 Å². The van der Waals surface area contributed by atoms with Crippen molar-refractivity contribution in [2.24, 2.45) is 0 Å². The first-order chi connectivity index (χ1) is 16.0. The van der Waals surface area contributed by atoms with Crippen molar-refractivity contribution in [3.63, 3.8) is 0 Å². The van der Waals surface area contributed by atoms with Gasteiger partial charge in [0.25, 0.3) is 0 Å². The normalized spacial score (nSPS) is 19.8. The third-order valence-electron chi connectivity index (χ3n) is 6.57. The van der Waals surface area contributed by atoms with Crippen molar-refractivity contribution < 1.29 is 31.9 Å². The summed E-state index contributed by atoms with van der Waals surface area (Å²) in [5.74, 6) is -1.68. The maximum absolute atomic E-state index is 14.4. The first-order valence-corrected chi connectivity index (χ1v) is 10.7. The average Bonchev–Trinajstić information content (AvgIpc) is 3.30. The molecule has 0 saturated carbocycles. The largest absolute Gasteiger partial charge is 0.416 e. The summed E-state index contributed by atoms with van der Waals surface area (Å²) in [6, 6.07) is 5.61. The number of hydrogen-bond acceptors (Lipinski definition) is 3. The molecule has 1 aliphatic heterocycles. The highest BCUT2D eigenvalue weighted by Gasteiger charge is 2.39. The molecule has 5 rings (SSSR count). The number of rotatable bonds is 2. The Labute approximate surface area is 191 Å². The molecule has 1 aromatic heterocycles.